The molecule has 2 N–H and O–H groups in total. The first-order chi connectivity index (χ1) is 8.03. The summed E-state index contributed by atoms with van der Waals surface area (Å²) in [5.74, 6) is 1.52. The van der Waals surface area contributed by atoms with Crippen LogP contribution in [-0.2, 0) is 10.0 Å². The summed E-state index contributed by atoms with van der Waals surface area (Å²) in [6.07, 6.45) is 5.55. The molecule has 0 aromatic carbocycles. The largest absolute Gasteiger partial charge is 0.320 e. The van der Waals surface area contributed by atoms with Crippen LogP contribution in [0.25, 0.3) is 0 Å². The molecule has 1 saturated carbocycles. The molecule has 0 aliphatic heterocycles. The normalized spacial score (nSPS) is 26.0. The molecule has 0 saturated heterocycles. The van der Waals surface area contributed by atoms with E-state index in [9.17, 15) is 8.42 Å². The molecule has 2 unspecified atom stereocenters. The minimum absolute atomic E-state index is 0.232. The van der Waals surface area contributed by atoms with Crippen molar-refractivity contribution < 1.29 is 8.42 Å². The lowest BCUT2D eigenvalue weighted by Gasteiger charge is -2.26. The van der Waals surface area contributed by atoms with Crippen molar-refractivity contribution in [3.63, 3.8) is 0 Å². The van der Waals surface area contributed by atoms with E-state index in [0.717, 1.165) is 12.5 Å². The summed E-state index contributed by atoms with van der Waals surface area (Å²) in [5, 5.41) is 2.96. The Morgan fingerprint density at radius 3 is 2.71 bits per heavy atom. The Bertz CT molecular complexity index is 304. The average molecular weight is 262 g/mol. The predicted octanol–water partition coefficient (Wildman–Crippen LogP) is 1.34. The smallest absolute Gasteiger partial charge is 0.211 e. The number of sulfonamides is 1. The van der Waals surface area contributed by atoms with Gasteiger partial charge in [0.2, 0.25) is 10.0 Å². The lowest BCUT2D eigenvalue weighted by molar-refractivity contribution is 0.283. The van der Waals surface area contributed by atoms with E-state index < -0.39 is 10.0 Å². The van der Waals surface area contributed by atoms with Crippen molar-refractivity contribution in [2.24, 2.45) is 11.8 Å². The van der Waals surface area contributed by atoms with E-state index in [-0.39, 0.29) is 5.75 Å². The SMILES string of the molecule is CNCCCS(=O)(=O)NCC1CCCC(C)C1. The van der Waals surface area contributed by atoms with E-state index in [0.29, 0.717) is 18.9 Å². The third-order valence-electron chi connectivity index (χ3n) is 3.48. The summed E-state index contributed by atoms with van der Waals surface area (Å²) >= 11 is 0. The van der Waals surface area contributed by atoms with Crippen LogP contribution in [0.1, 0.15) is 39.0 Å². The zero-order valence-corrected chi connectivity index (χ0v) is 11.9. The first-order valence-electron chi connectivity index (χ1n) is 6.65. The Hall–Kier alpha value is -0.130. The lowest BCUT2D eigenvalue weighted by atomic mass is 9.83. The highest BCUT2D eigenvalue weighted by molar-refractivity contribution is 7.89. The Balaban J connectivity index is 2.23. The van der Waals surface area contributed by atoms with Crippen LogP contribution < -0.4 is 10.0 Å². The van der Waals surface area contributed by atoms with E-state index in [1.165, 1.54) is 25.7 Å². The molecular weight excluding hydrogens is 236 g/mol. The molecule has 0 amide bonds. The van der Waals surface area contributed by atoms with E-state index in [4.69, 9.17) is 0 Å². The van der Waals surface area contributed by atoms with E-state index >= 15 is 0 Å². The maximum absolute atomic E-state index is 11.7. The van der Waals surface area contributed by atoms with Crippen LogP contribution in [0, 0.1) is 11.8 Å². The summed E-state index contributed by atoms with van der Waals surface area (Å²) in [6.45, 7) is 3.64. The molecule has 0 radical (unpaired) electrons. The van der Waals surface area contributed by atoms with Crippen molar-refractivity contribution in [2.45, 2.75) is 39.0 Å². The van der Waals surface area contributed by atoms with Crippen molar-refractivity contribution in [3.8, 4) is 0 Å². The fraction of sp³-hybridized carbons (Fsp3) is 1.00. The number of hydrogen-bond donors (Lipinski definition) is 2. The van der Waals surface area contributed by atoms with Gasteiger partial charge in [-0.2, -0.15) is 0 Å². The van der Waals surface area contributed by atoms with Crippen LogP contribution in [0.3, 0.4) is 0 Å². The highest BCUT2D eigenvalue weighted by Gasteiger charge is 2.20. The van der Waals surface area contributed by atoms with Crippen molar-refractivity contribution in [1.29, 1.82) is 0 Å². The second-order valence-electron chi connectivity index (χ2n) is 5.26. The molecular formula is C12H26N2O2S. The Morgan fingerprint density at radius 1 is 1.29 bits per heavy atom. The molecule has 4 nitrogen and oxygen atoms in total. The van der Waals surface area contributed by atoms with Crippen LogP contribution in [-0.4, -0.2) is 34.3 Å². The van der Waals surface area contributed by atoms with Crippen molar-refractivity contribution in [1.82, 2.24) is 10.0 Å². The number of rotatable bonds is 7. The van der Waals surface area contributed by atoms with Gasteiger partial charge < -0.3 is 5.32 Å². The minimum atomic E-state index is -3.06. The number of nitrogens with one attached hydrogen (secondary N) is 2. The van der Waals surface area contributed by atoms with E-state index in [1.54, 1.807) is 0 Å². The number of hydrogen-bond acceptors (Lipinski definition) is 3. The highest BCUT2D eigenvalue weighted by atomic mass is 32.2. The first kappa shape index (κ1) is 14.9. The topological polar surface area (TPSA) is 58.2 Å². The maximum atomic E-state index is 11.7. The Labute approximate surface area is 106 Å². The fourth-order valence-corrected chi connectivity index (χ4v) is 3.66. The molecule has 2 atom stereocenters. The third-order valence-corrected chi connectivity index (χ3v) is 4.91. The minimum Gasteiger partial charge on any atom is -0.320 e. The fourth-order valence-electron chi connectivity index (χ4n) is 2.50. The molecule has 1 fully saturated rings. The van der Waals surface area contributed by atoms with Gasteiger partial charge in [-0.15, -0.1) is 0 Å². The molecule has 0 heterocycles. The lowest BCUT2D eigenvalue weighted by Crippen LogP contribution is -2.33. The zero-order valence-electron chi connectivity index (χ0n) is 11.0. The van der Waals surface area contributed by atoms with Gasteiger partial charge in [-0.3, -0.25) is 0 Å². The molecule has 1 rings (SSSR count). The van der Waals surface area contributed by atoms with Crippen LogP contribution in [0.5, 0.6) is 0 Å². The summed E-state index contributed by atoms with van der Waals surface area (Å²) < 4.78 is 26.1. The maximum Gasteiger partial charge on any atom is 0.211 e. The van der Waals surface area contributed by atoms with Gasteiger partial charge in [-0.05, 0) is 44.7 Å². The molecule has 17 heavy (non-hydrogen) atoms. The van der Waals surface area contributed by atoms with E-state index in [1.807, 2.05) is 7.05 Å². The molecule has 0 aromatic heterocycles. The van der Waals surface area contributed by atoms with Crippen molar-refractivity contribution in [2.75, 3.05) is 25.9 Å². The molecule has 1 aliphatic rings. The monoisotopic (exact) mass is 262 g/mol. The first-order valence-corrected chi connectivity index (χ1v) is 8.30. The highest BCUT2D eigenvalue weighted by Crippen LogP contribution is 2.27. The van der Waals surface area contributed by atoms with Crippen LogP contribution in [0.2, 0.25) is 0 Å². The van der Waals surface area contributed by atoms with Gasteiger partial charge in [0.25, 0.3) is 0 Å². The van der Waals surface area contributed by atoms with Crippen molar-refractivity contribution >= 4 is 10.0 Å². The zero-order chi connectivity index (χ0) is 12.7. The van der Waals surface area contributed by atoms with E-state index in [2.05, 4.69) is 17.0 Å². The standard InChI is InChI=1S/C12H26N2O2S/c1-11-5-3-6-12(9-11)10-14-17(15,16)8-4-7-13-2/h11-14H,3-10H2,1-2H3. The van der Waals surface area contributed by atoms with Gasteiger partial charge in [0.05, 0.1) is 5.75 Å². The van der Waals surface area contributed by atoms with Crippen LogP contribution >= 0.6 is 0 Å². The Morgan fingerprint density at radius 2 is 2.06 bits per heavy atom. The van der Waals surface area contributed by atoms with Crippen LogP contribution in [0.4, 0.5) is 0 Å². The average Bonchev–Trinajstić information content (AvgIpc) is 2.27. The van der Waals surface area contributed by atoms with Crippen molar-refractivity contribution in [3.05, 3.63) is 0 Å². The predicted molar refractivity (Wildman–Crippen MR) is 71.5 cm³/mol. The molecule has 0 bridgehead atoms. The summed E-state index contributed by atoms with van der Waals surface area (Å²) in [7, 11) is -1.22. The third kappa shape index (κ3) is 6.38. The van der Waals surface area contributed by atoms with Gasteiger partial charge in [0, 0.05) is 6.54 Å². The molecule has 0 spiro atoms. The summed E-state index contributed by atoms with van der Waals surface area (Å²) in [6, 6.07) is 0. The second kappa shape index (κ2) is 7.34. The molecule has 1 aliphatic carbocycles. The van der Waals surface area contributed by atoms with Gasteiger partial charge in [-0.25, -0.2) is 13.1 Å². The Kier molecular flexibility index (Phi) is 6.44. The van der Waals surface area contributed by atoms with Gasteiger partial charge >= 0.3 is 0 Å². The summed E-state index contributed by atoms with van der Waals surface area (Å²) in [4.78, 5) is 0. The quantitative estimate of drug-likeness (QED) is 0.681. The molecule has 102 valence electrons. The van der Waals surface area contributed by atoms with Gasteiger partial charge in [0.1, 0.15) is 0 Å². The second-order valence-corrected chi connectivity index (χ2v) is 7.19. The summed E-state index contributed by atoms with van der Waals surface area (Å²) in [5.41, 5.74) is 0. The van der Waals surface area contributed by atoms with Gasteiger partial charge in [0.15, 0.2) is 0 Å². The molecule has 0 aromatic rings. The van der Waals surface area contributed by atoms with Gasteiger partial charge in [-0.1, -0.05) is 19.8 Å². The van der Waals surface area contributed by atoms with Crippen LogP contribution in [0.15, 0.2) is 0 Å². The molecule has 5 heteroatoms.